The van der Waals surface area contributed by atoms with Crippen LogP contribution in [-0.4, -0.2) is 24.7 Å². The maximum absolute atomic E-state index is 14.8. The number of hydrogen-bond acceptors (Lipinski definition) is 3. The summed E-state index contributed by atoms with van der Waals surface area (Å²) in [6.07, 6.45) is 2.65. The molecule has 0 saturated carbocycles. The van der Waals surface area contributed by atoms with Gasteiger partial charge in [0.25, 0.3) is 5.91 Å². The van der Waals surface area contributed by atoms with E-state index in [1.165, 1.54) is 12.2 Å². The van der Waals surface area contributed by atoms with E-state index in [1.807, 2.05) is 33.0 Å². The van der Waals surface area contributed by atoms with Crippen molar-refractivity contribution in [3.8, 4) is 11.8 Å². The topological polar surface area (TPSA) is 62.1 Å². The summed E-state index contributed by atoms with van der Waals surface area (Å²) in [6.45, 7) is 7.06. The first-order valence-electron chi connectivity index (χ1n) is 13.0. The summed E-state index contributed by atoms with van der Waals surface area (Å²) in [6, 6.07) is 2.22. The van der Waals surface area contributed by atoms with Gasteiger partial charge in [-0.3, -0.25) is 4.79 Å². The lowest BCUT2D eigenvalue weighted by Gasteiger charge is -2.25. The van der Waals surface area contributed by atoms with Gasteiger partial charge in [-0.2, -0.15) is 27.2 Å². The Bertz CT molecular complexity index is 1250. The molecule has 1 aliphatic carbocycles. The number of aryl methyl sites for hydroxylation is 1. The minimum Gasteiger partial charge on any atom is -0.432 e. The van der Waals surface area contributed by atoms with Crippen molar-refractivity contribution in [1.82, 2.24) is 5.32 Å². The van der Waals surface area contributed by atoms with Crippen molar-refractivity contribution in [3.05, 3.63) is 70.1 Å². The molecule has 1 aliphatic rings. The zero-order chi connectivity index (χ0) is 30.4. The number of rotatable bonds is 10. The number of nitrogens with zero attached hydrogens (tertiary/aromatic N) is 1. The second-order valence-corrected chi connectivity index (χ2v) is 10.2. The highest BCUT2D eigenvalue weighted by Gasteiger charge is 2.37. The minimum absolute atomic E-state index is 0.00225. The molecule has 0 saturated heterocycles. The third-order valence-electron chi connectivity index (χ3n) is 7.06. The summed E-state index contributed by atoms with van der Waals surface area (Å²) in [5.41, 5.74) is 1.90. The van der Waals surface area contributed by atoms with Crippen molar-refractivity contribution in [2.45, 2.75) is 73.2 Å². The van der Waals surface area contributed by atoms with Crippen LogP contribution in [-0.2, 0) is 4.79 Å². The van der Waals surface area contributed by atoms with Gasteiger partial charge in [0.15, 0.2) is 11.6 Å². The summed E-state index contributed by atoms with van der Waals surface area (Å²) in [4.78, 5) is 12.6. The highest BCUT2D eigenvalue weighted by atomic mass is 19.4. The van der Waals surface area contributed by atoms with E-state index >= 15 is 0 Å². The highest BCUT2D eigenvalue weighted by Crippen LogP contribution is 2.39. The average molecular weight is 569 g/mol. The Kier molecular flexibility index (Phi) is 11.2. The quantitative estimate of drug-likeness (QED) is 0.229. The molecule has 40 heavy (non-hydrogen) atoms. The maximum Gasteiger partial charge on any atom is 0.408 e. The molecule has 3 unspecified atom stereocenters. The van der Waals surface area contributed by atoms with E-state index in [0.717, 1.165) is 25.5 Å². The summed E-state index contributed by atoms with van der Waals surface area (Å²) >= 11 is 0. The molecule has 0 spiro atoms. The molecular formula is C30H34F6N2O2. The Balaban J connectivity index is 2.73. The molecule has 0 aromatic heterocycles. The number of hydrogen-bond donors (Lipinski definition) is 1. The Morgan fingerprint density at radius 1 is 1.18 bits per heavy atom. The van der Waals surface area contributed by atoms with Crippen LogP contribution in [0.2, 0.25) is 0 Å². The first-order chi connectivity index (χ1) is 18.6. The van der Waals surface area contributed by atoms with Crippen molar-refractivity contribution in [2.75, 3.05) is 0 Å². The predicted octanol–water partition coefficient (Wildman–Crippen LogP) is 8.21. The summed E-state index contributed by atoms with van der Waals surface area (Å²) in [5.74, 6) is -2.62. The van der Waals surface area contributed by atoms with Crippen LogP contribution in [0.1, 0.15) is 58.6 Å². The van der Waals surface area contributed by atoms with Crippen molar-refractivity contribution >= 4 is 11.5 Å². The Morgan fingerprint density at radius 2 is 1.82 bits per heavy atom. The molecule has 4 nitrogen and oxygen atoms in total. The third kappa shape index (κ3) is 8.26. The standard InChI is InChI=1S/C30H34F6N2O2/c1-7-20(16(2)3)13-24(25(15-37)23-14-26(31)27(12-18(23)5)40-29(32)33)22-11-10-21(9-8-17(22)4)28(39)38-19(6)30(34,35)36/h8-12,14,16-17,19-20,29H,7,13H2,1-6H3,(H,38,39). The number of allylic oxidation sites excluding steroid dienone is 6. The molecule has 2 rings (SSSR count). The Hall–Kier alpha value is -3.48. The lowest BCUT2D eigenvalue weighted by atomic mass is 9.78. The van der Waals surface area contributed by atoms with Crippen molar-refractivity contribution in [2.24, 2.45) is 17.8 Å². The van der Waals surface area contributed by atoms with Crippen LogP contribution < -0.4 is 10.1 Å². The van der Waals surface area contributed by atoms with Crippen molar-refractivity contribution in [3.63, 3.8) is 0 Å². The van der Waals surface area contributed by atoms with Gasteiger partial charge in [0.1, 0.15) is 12.1 Å². The molecule has 218 valence electrons. The van der Waals surface area contributed by atoms with Gasteiger partial charge in [0, 0.05) is 5.57 Å². The molecule has 0 radical (unpaired) electrons. The van der Waals surface area contributed by atoms with Crippen LogP contribution >= 0.6 is 0 Å². The lowest BCUT2D eigenvalue weighted by molar-refractivity contribution is -0.156. The molecule has 10 heteroatoms. The fraction of sp³-hybridized carbons (Fsp3) is 0.467. The van der Waals surface area contributed by atoms with E-state index in [2.05, 4.69) is 10.8 Å². The van der Waals surface area contributed by atoms with Gasteiger partial charge in [-0.15, -0.1) is 0 Å². The van der Waals surface area contributed by atoms with Crippen LogP contribution in [0.4, 0.5) is 26.3 Å². The number of ether oxygens (including phenoxy) is 1. The van der Waals surface area contributed by atoms with Gasteiger partial charge in [-0.05, 0) is 78.5 Å². The molecule has 1 amide bonds. The second kappa shape index (κ2) is 13.7. The summed E-state index contributed by atoms with van der Waals surface area (Å²) in [7, 11) is 0. The van der Waals surface area contributed by atoms with Crippen LogP contribution in [0, 0.1) is 41.8 Å². The Morgan fingerprint density at radius 3 is 2.35 bits per heavy atom. The Labute approximate surface area is 231 Å². The number of carbonyl (C=O) groups is 1. The van der Waals surface area contributed by atoms with E-state index in [-0.39, 0.29) is 34.5 Å². The summed E-state index contributed by atoms with van der Waals surface area (Å²) < 4.78 is 83.4. The molecule has 1 N–H and O–H groups in total. The summed E-state index contributed by atoms with van der Waals surface area (Å²) in [5, 5.41) is 12.2. The molecule has 1 aromatic rings. The maximum atomic E-state index is 14.8. The lowest BCUT2D eigenvalue weighted by Crippen LogP contribution is -2.43. The zero-order valence-corrected chi connectivity index (χ0v) is 23.3. The predicted molar refractivity (Wildman–Crippen MR) is 142 cm³/mol. The van der Waals surface area contributed by atoms with Gasteiger partial charge in [-0.1, -0.05) is 52.3 Å². The van der Waals surface area contributed by atoms with Crippen LogP contribution in [0.5, 0.6) is 5.75 Å². The smallest absolute Gasteiger partial charge is 0.408 e. The fourth-order valence-corrected chi connectivity index (χ4v) is 4.51. The van der Waals surface area contributed by atoms with Gasteiger partial charge < -0.3 is 10.1 Å². The van der Waals surface area contributed by atoms with E-state index in [4.69, 9.17) is 0 Å². The van der Waals surface area contributed by atoms with Gasteiger partial charge in [0.05, 0.1) is 5.57 Å². The number of alkyl halides is 5. The minimum atomic E-state index is -4.61. The van der Waals surface area contributed by atoms with E-state index in [0.29, 0.717) is 23.1 Å². The van der Waals surface area contributed by atoms with Gasteiger partial charge in [0.2, 0.25) is 0 Å². The number of carbonyl (C=O) groups excluding carboxylic acids is 1. The van der Waals surface area contributed by atoms with Gasteiger partial charge in [-0.25, -0.2) is 4.39 Å². The monoisotopic (exact) mass is 568 g/mol. The van der Waals surface area contributed by atoms with Crippen molar-refractivity contribution in [1.29, 1.82) is 5.26 Å². The zero-order valence-electron chi connectivity index (χ0n) is 23.3. The van der Waals surface area contributed by atoms with Crippen LogP contribution in [0.25, 0.3) is 5.57 Å². The van der Waals surface area contributed by atoms with Crippen LogP contribution in [0.15, 0.2) is 53.2 Å². The molecule has 0 heterocycles. The van der Waals surface area contributed by atoms with Crippen LogP contribution in [0.3, 0.4) is 0 Å². The first kappa shape index (κ1) is 32.7. The molecule has 0 bridgehead atoms. The number of halogens is 6. The SMILES string of the molecule is CCC(CC(C1=CC=C(C(=O)NC(C)C(F)(F)F)C=CC1C)=C(C#N)c1cc(F)c(OC(F)F)cc1C)C(C)C. The van der Waals surface area contributed by atoms with E-state index < -0.39 is 36.3 Å². The average Bonchev–Trinajstić information content (AvgIpc) is 3.04. The second-order valence-electron chi connectivity index (χ2n) is 10.2. The largest absolute Gasteiger partial charge is 0.432 e. The third-order valence-corrected chi connectivity index (χ3v) is 7.06. The number of nitriles is 1. The van der Waals surface area contributed by atoms with Gasteiger partial charge >= 0.3 is 12.8 Å². The van der Waals surface area contributed by atoms with E-state index in [1.54, 1.807) is 19.1 Å². The van der Waals surface area contributed by atoms with Crippen molar-refractivity contribution < 1.29 is 35.9 Å². The highest BCUT2D eigenvalue weighted by molar-refractivity contribution is 5.97. The number of benzene rings is 1. The molecule has 0 aliphatic heterocycles. The van der Waals surface area contributed by atoms with E-state index in [9.17, 15) is 36.4 Å². The number of amides is 1. The first-order valence-corrected chi connectivity index (χ1v) is 13.0. The molecular weight excluding hydrogens is 534 g/mol. The molecule has 1 aromatic carbocycles. The number of nitrogens with one attached hydrogen (secondary N) is 1. The molecule has 0 fully saturated rings. The molecule has 3 atom stereocenters. The fourth-order valence-electron chi connectivity index (χ4n) is 4.51. The normalized spacial score (nSPS) is 17.9.